The number of piperazine rings is 1. The average molecular weight is 308 g/mol. The molecule has 0 spiro atoms. The van der Waals surface area contributed by atoms with Gasteiger partial charge in [-0.2, -0.15) is 0 Å². The Bertz CT molecular complexity index is 453. The molecule has 1 saturated heterocycles. The topological polar surface area (TPSA) is 31.4 Å². The van der Waals surface area contributed by atoms with Crippen LogP contribution >= 0.6 is 11.3 Å². The molecule has 118 valence electrons. The molecule has 1 N–H and O–H groups in total. The molecule has 1 unspecified atom stereocenters. The quantitative estimate of drug-likeness (QED) is 0.904. The van der Waals surface area contributed by atoms with E-state index in [2.05, 4.69) is 29.0 Å². The molecule has 1 aromatic heterocycles. The van der Waals surface area contributed by atoms with Crippen LogP contribution in [0.25, 0.3) is 0 Å². The van der Waals surface area contributed by atoms with Crippen LogP contribution in [0, 0.1) is 0 Å². The van der Waals surface area contributed by atoms with Crippen molar-refractivity contribution in [3.05, 3.63) is 15.6 Å². The molecule has 0 aliphatic carbocycles. The number of likely N-dealkylation sites (N-methyl/N-ethyl adjacent to an activating group) is 1. The van der Waals surface area contributed by atoms with Gasteiger partial charge in [0.25, 0.3) is 0 Å². The van der Waals surface area contributed by atoms with Gasteiger partial charge in [0.1, 0.15) is 5.01 Å². The highest BCUT2D eigenvalue weighted by molar-refractivity contribution is 7.11. The van der Waals surface area contributed by atoms with Gasteiger partial charge >= 0.3 is 0 Å². The second-order valence-electron chi connectivity index (χ2n) is 6.13. The molecule has 1 fully saturated rings. The Labute approximate surface area is 132 Å². The maximum atomic E-state index is 5.04. The van der Waals surface area contributed by atoms with E-state index >= 15 is 0 Å². The van der Waals surface area contributed by atoms with Crippen LogP contribution < -0.4 is 5.32 Å². The van der Waals surface area contributed by atoms with Crippen molar-refractivity contribution >= 4 is 11.3 Å². The molecular formula is C16H28N4S. The third kappa shape index (κ3) is 3.47. The molecule has 0 amide bonds. The fraction of sp³-hybridized carbons (Fsp3) is 0.812. The summed E-state index contributed by atoms with van der Waals surface area (Å²) in [4.78, 5) is 11.7. The fourth-order valence-electron chi connectivity index (χ4n) is 3.41. The van der Waals surface area contributed by atoms with Gasteiger partial charge in [0.05, 0.1) is 11.7 Å². The Balaban J connectivity index is 1.78. The first-order chi connectivity index (χ1) is 10.3. The predicted octanol–water partition coefficient (Wildman–Crippen LogP) is 2.27. The van der Waals surface area contributed by atoms with Crippen molar-refractivity contribution in [2.24, 2.45) is 0 Å². The number of hydrogen-bond donors (Lipinski definition) is 1. The predicted molar refractivity (Wildman–Crippen MR) is 88.9 cm³/mol. The summed E-state index contributed by atoms with van der Waals surface area (Å²) >= 11 is 1.98. The standard InChI is InChI=1S/C16H28N4S/c1-3-5-14(20-10-7-17-8-11-20)16-18-13-6-9-19(4-2)12-15(13)21-16/h14,17H,3-12H2,1-2H3. The third-order valence-corrected chi connectivity index (χ3v) is 5.90. The van der Waals surface area contributed by atoms with E-state index in [1.807, 2.05) is 11.3 Å². The first-order valence-corrected chi connectivity index (χ1v) is 9.29. The zero-order valence-electron chi connectivity index (χ0n) is 13.4. The fourth-order valence-corrected chi connectivity index (χ4v) is 4.73. The van der Waals surface area contributed by atoms with Crippen LogP contribution in [0.5, 0.6) is 0 Å². The lowest BCUT2D eigenvalue weighted by atomic mass is 10.1. The van der Waals surface area contributed by atoms with Crippen molar-refractivity contribution in [3.8, 4) is 0 Å². The largest absolute Gasteiger partial charge is 0.314 e. The van der Waals surface area contributed by atoms with Gasteiger partial charge in [0, 0.05) is 50.6 Å². The van der Waals surface area contributed by atoms with Crippen molar-refractivity contribution in [3.63, 3.8) is 0 Å². The van der Waals surface area contributed by atoms with Crippen LogP contribution in [0.4, 0.5) is 0 Å². The highest BCUT2D eigenvalue weighted by Crippen LogP contribution is 2.33. The summed E-state index contributed by atoms with van der Waals surface area (Å²) in [6, 6.07) is 0.544. The molecule has 3 heterocycles. The minimum Gasteiger partial charge on any atom is -0.314 e. The third-order valence-electron chi connectivity index (χ3n) is 4.71. The van der Waals surface area contributed by atoms with Crippen LogP contribution in [0.15, 0.2) is 0 Å². The average Bonchev–Trinajstić information content (AvgIpc) is 2.95. The summed E-state index contributed by atoms with van der Waals surface area (Å²) in [5.74, 6) is 0. The minimum atomic E-state index is 0.544. The molecule has 0 aromatic carbocycles. The van der Waals surface area contributed by atoms with Crippen LogP contribution in [0.2, 0.25) is 0 Å². The second kappa shape index (κ2) is 7.18. The lowest BCUT2D eigenvalue weighted by Crippen LogP contribution is -2.45. The SMILES string of the molecule is CCCC(c1nc2c(s1)CN(CC)CC2)N1CCNCC1. The Morgan fingerprint density at radius 3 is 2.76 bits per heavy atom. The summed E-state index contributed by atoms with van der Waals surface area (Å²) in [6.45, 7) is 12.6. The lowest BCUT2D eigenvalue weighted by molar-refractivity contribution is 0.164. The lowest BCUT2D eigenvalue weighted by Gasteiger charge is -2.33. The van der Waals surface area contributed by atoms with E-state index in [9.17, 15) is 0 Å². The maximum absolute atomic E-state index is 5.04. The summed E-state index contributed by atoms with van der Waals surface area (Å²) in [5.41, 5.74) is 1.39. The van der Waals surface area contributed by atoms with Crippen molar-refractivity contribution in [2.75, 3.05) is 39.3 Å². The molecule has 2 aliphatic rings. The number of hydrogen-bond acceptors (Lipinski definition) is 5. The number of fused-ring (bicyclic) bond motifs is 1. The number of nitrogens with one attached hydrogen (secondary N) is 1. The minimum absolute atomic E-state index is 0.544. The normalized spacial score (nSPS) is 22.2. The van der Waals surface area contributed by atoms with Gasteiger partial charge in [0.15, 0.2) is 0 Å². The summed E-state index contributed by atoms with van der Waals surface area (Å²) in [5, 5.41) is 4.84. The van der Waals surface area contributed by atoms with Crippen molar-refractivity contribution in [2.45, 2.75) is 45.7 Å². The molecule has 5 heteroatoms. The molecule has 1 atom stereocenters. The van der Waals surface area contributed by atoms with Gasteiger partial charge < -0.3 is 5.32 Å². The van der Waals surface area contributed by atoms with Gasteiger partial charge in [-0.25, -0.2) is 4.98 Å². The smallest absolute Gasteiger partial charge is 0.110 e. The molecule has 0 bridgehead atoms. The van der Waals surface area contributed by atoms with E-state index in [0.29, 0.717) is 6.04 Å². The van der Waals surface area contributed by atoms with Crippen LogP contribution in [-0.4, -0.2) is 54.1 Å². The van der Waals surface area contributed by atoms with Crippen molar-refractivity contribution < 1.29 is 0 Å². The molecule has 3 rings (SSSR count). The highest BCUT2D eigenvalue weighted by atomic mass is 32.1. The molecule has 1 aromatic rings. The number of nitrogens with zero attached hydrogens (tertiary/aromatic N) is 3. The van der Waals surface area contributed by atoms with E-state index < -0.39 is 0 Å². The van der Waals surface area contributed by atoms with Crippen molar-refractivity contribution in [1.29, 1.82) is 0 Å². The number of aromatic nitrogens is 1. The Morgan fingerprint density at radius 2 is 2.05 bits per heavy atom. The monoisotopic (exact) mass is 308 g/mol. The Kier molecular flexibility index (Phi) is 5.27. The molecular weight excluding hydrogens is 280 g/mol. The van der Waals surface area contributed by atoms with Crippen LogP contribution in [0.1, 0.15) is 48.3 Å². The van der Waals surface area contributed by atoms with Gasteiger partial charge in [0.2, 0.25) is 0 Å². The number of rotatable bonds is 5. The number of thiazole rings is 1. The van der Waals surface area contributed by atoms with Crippen LogP contribution in [-0.2, 0) is 13.0 Å². The summed E-state index contributed by atoms with van der Waals surface area (Å²) in [7, 11) is 0. The molecule has 21 heavy (non-hydrogen) atoms. The summed E-state index contributed by atoms with van der Waals surface area (Å²) < 4.78 is 0. The zero-order chi connectivity index (χ0) is 14.7. The Morgan fingerprint density at radius 1 is 1.24 bits per heavy atom. The first kappa shape index (κ1) is 15.4. The van der Waals surface area contributed by atoms with Crippen LogP contribution in [0.3, 0.4) is 0 Å². The van der Waals surface area contributed by atoms with E-state index in [1.165, 1.54) is 35.0 Å². The highest BCUT2D eigenvalue weighted by Gasteiger charge is 2.27. The zero-order valence-corrected chi connectivity index (χ0v) is 14.2. The van der Waals surface area contributed by atoms with E-state index in [1.54, 1.807) is 0 Å². The second-order valence-corrected chi connectivity index (χ2v) is 7.25. The molecule has 2 aliphatic heterocycles. The van der Waals surface area contributed by atoms with Gasteiger partial charge in [-0.3, -0.25) is 9.80 Å². The van der Waals surface area contributed by atoms with Gasteiger partial charge in [-0.05, 0) is 13.0 Å². The van der Waals surface area contributed by atoms with Crippen molar-refractivity contribution in [1.82, 2.24) is 20.1 Å². The Hall–Kier alpha value is -0.490. The maximum Gasteiger partial charge on any atom is 0.110 e. The first-order valence-electron chi connectivity index (χ1n) is 8.47. The van der Waals surface area contributed by atoms with Gasteiger partial charge in [-0.1, -0.05) is 20.3 Å². The van der Waals surface area contributed by atoms with E-state index in [4.69, 9.17) is 4.98 Å². The molecule has 0 radical (unpaired) electrons. The molecule has 4 nitrogen and oxygen atoms in total. The van der Waals surface area contributed by atoms with E-state index in [-0.39, 0.29) is 0 Å². The molecule has 0 saturated carbocycles. The van der Waals surface area contributed by atoms with E-state index in [0.717, 1.165) is 45.7 Å². The summed E-state index contributed by atoms with van der Waals surface area (Å²) in [6.07, 6.45) is 3.61. The van der Waals surface area contributed by atoms with Gasteiger partial charge in [-0.15, -0.1) is 11.3 Å².